The van der Waals surface area contributed by atoms with Gasteiger partial charge in [-0.05, 0) is 24.7 Å². The summed E-state index contributed by atoms with van der Waals surface area (Å²) in [6.07, 6.45) is 1.80. The quantitative estimate of drug-likeness (QED) is 0.770. The lowest BCUT2D eigenvalue weighted by Crippen LogP contribution is -2.26. The normalized spacial score (nSPS) is 10.8. The zero-order chi connectivity index (χ0) is 13.0. The van der Waals surface area contributed by atoms with Gasteiger partial charge in [0.05, 0.1) is 19.2 Å². The van der Waals surface area contributed by atoms with Crippen LogP contribution in [-0.4, -0.2) is 36.6 Å². The van der Waals surface area contributed by atoms with E-state index in [0.717, 1.165) is 16.5 Å². The van der Waals surface area contributed by atoms with Gasteiger partial charge in [0.25, 0.3) is 0 Å². The van der Waals surface area contributed by atoms with E-state index in [2.05, 4.69) is 9.72 Å². The molecule has 1 aromatic heterocycles. The summed E-state index contributed by atoms with van der Waals surface area (Å²) in [5.41, 5.74) is 2.13. The Kier molecular flexibility index (Phi) is 3.89. The fourth-order valence-corrected chi connectivity index (χ4v) is 1.92. The van der Waals surface area contributed by atoms with Crippen LogP contribution in [-0.2, 0) is 16.1 Å². The summed E-state index contributed by atoms with van der Waals surface area (Å²) in [5, 5.41) is 1.12. The van der Waals surface area contributed by atoms with Gasteiger partial charge in [0.15, 0.2) is 0 Å². The number of likely N-dealkylation sites (N-methyl/N-ethyl adjacent to an activating group) is 1. The Morgan fingerprint density at radius 3 is 2.89 bits per heavy atom. The molecule has 2 rings (SSSR count). The number of benzene rings is 1. The van der Waals surface area contributed by atoms with Crippen LogP contribution in [0.1, 0.15) is 5.56 Å². The second kappa shape index (κ2) is 5.60. The second-order valence-corrected chi connectivity index (χ2v) is 4.24. The van der Waals surface area contributed by atoms with Crippen LogP contribution in [0.15, 0.2) is 36.5 Å². The van der Waals surface area contributed by atoms with Gasteiger partial charge in [0.2, 0.25) is 0 Å². The van der Waals surface area contributed by atoms with Crippen LogP contribution in [0, 0.1) is 0 Å². The molecule has 18 heavy (non-hydrogen) atoms. The molecule has 4 nitrogen and oxygen atoms in total. The molecule has 1 aromatic carbocycles. The maximum Gasteiger partial charge on any atom is 0.319 e. The summed E-state index contributed by atoms with van der Waals surface area (Å²) < 4.78 is 4.65. The van der Waals surface area contributed by atoms with Gasteiger partial charge in [0, 0.05) is 18.1 Å². The third-order valence-corrected chi connectivity index (χ3v) is 2.81. The number of carbonyl (C=O) groups is 1. The van der Waals surface area contributed by atoms with Gasteiger partial charge in [0.1, 0.15) is 0 Å². The monoisotopic (exact) mass is 244 g/mol. The highest BCUT2D eigenvalue weighted by Crippen LogP contribution is 2.17. The molecule has 0 spiro atoms. The van der Waals surface area contributed by atoms with Gasteiger partial charge in [-0.1, -0.05) is 18.2 Å². The Bertz CT molecular complexity index is 549. The summed E-state index contributed by atoms with van der Waals surface area (Å²) >= 11 is 0. The number of esters is 1. The number of methoxy groups -OCH3 is 1. The van der Waals surface area contributed by atoms with Gasteiger partial charge in [-0.2, -0.15) is 0 Å². The smallest absolute Gasteiger partial charge is 0.319 e. The molecule has 0 saturated carbocycles. The summed E-state index contributed by atoms with van der Waals surface area (Å²) in [7, 11) is 3.30. The number of pyridine rings is 1. The molecule has 0 bridgehead atoms. The molecule has 0 amide bonds. The summed E-state index contributed by atoms with van der Waals surface area (Å²) in [4.78, 5) is 17.4. The van der Waals surface area contributed by atoms with E-state index < -0.39 is 0 Å². The largest absolute Gasteiger partial charge is 0.468 e. The van der Waals surface area contributed by atoms with Gasteiger partial charge >= 0.3 is 5.97 Å². The van der Waals surface area contributed by atoms with E-state index in [4.69, 9.17) is 0 Å². The number of hydrogen-bond donors (Lipinski definition) is 0. The average Bonchev–Trinajstić information content (AvgIpc) is 2.39. The summed E-state index contributed by atoms with van der Waals surface area (Å²) in [6.45, 7) is 0.977. The van der Waals surface area contributed by atoms with Crippen molar-refractivity contribution in [3.05, 3.63) is 42.1 Å². The van der Waals surface area contributed by atoms with Crippen LogP contribution in [0.2, 0.25) is 0 Å². The molecule has 4 heteroatoms. The Morgan fingerprint density at radius 2 is 2.11 bits per heavy atom. The number of ether oxygens (including phenoxy) is 1. The first kappa shape index (κ1) is 12.5. The number of para-hydroxylation sites is 1. The molecule has 0 atom stereocenters. The summed E-state index contributed by atoms with van der Waals surface area (Å²) in [6, 6.07) is 9.98. The highest BCUT2D eigenvalue weighted by atomic mass is 16.5. The lowest BCUT2D eigenvalue weighted by atomic mass is 10.1. The van der Waals surface area contributed by atoms with E-state index in [1.54, 1.807) is 6.20 Å². The van der Waals surface area contributed by atoms with Crippen molar-refractivity contribution in [1.82, 2.24) is 9.88 Å². The minimum absolute atomic E-state index is 0.226. The van der Waals surface area contributed by atoms with Crippen LogP contribution >= 0.6 is 0 Å². The minimum atomic E-state index is -0.226. The van der Waals surface area contributed by atoms with Crippen molar-refractivity contribution in [3.63, 3.8) is 0 Å². The first-order valence-electron chi connectivity index (χ1n) is 5.78. The first-order valence-corrected chi connectivity index (χ1v) is 5.78. The van der Waals surface area contributed by atoms with E-state index in [1.807, 2.05) is 42.3 Å². The Labute approximate surface area is 106 Å². The maximum absolute atomic E-state index is 11.2. The Hall–Kier alpha value is -1.94. The molecule has 0 fully saturated rings. The molecule has 0 aliphatic heterocycles. The fraction of sp³-hybridized carbons (Fsp3) is 0.286. The molecule has 0 unspecified atom stereocenters. The van der Waals surface area contributed by atoms with Crippen LogP contribution < -0.4 is 0 Å². The predicted molar refractivity (Wildman–Crippen MR) is 70.1 cm³/mol. The van der Waals surface area contributed by atoms with E-state index in [9.17, 15) is 4.79 Å². The zero-order valence-corrected chi connectivity index (χ0v) is 10.6. The fourth-order valence-electron chi connectivity index (χ4n) is 1.92. The van der Waals surface area contributed by atoms with Crippen molar-refractivity contribution in [3.8, 4) is 0 Å². The third-order valence-electron chi connectivity index (χ3n) is 2.81. The maximum atomic E-state index is 11.2. The van der Waals surface area contributed by atoms with Crippen molar-refractivity contribution in [1.29, 1.82) is 0 Å². The van der Waals surface area contributed by atoms with Crippen LogP contribution in [0.25, 0.3) is 10.9 Å². The first-order chi connectivity index (χ1) is 8.70. The average molecular weight is 244 g/mol. The Morgan fingerprint density at radius 1 is 1.33 bits per heavy atom. The predicted octanol–water partition coefficient (Wildman–Crippen LogP) is 1.84. The molecule has 0 saturated heterocycles. The number of hydrogen-bond acceptors (Lipinski definition) is 4. The number of rotatable bonds is 4. The van der Waals surface area contributed by atoms with Crippen LogP contribution in [0.4, 0.5) is 0 Å². The van der Waals surface area contributed by atoms with Gasteiger partial charge in [-0.3, -0.25) is 14.7 Å². The molecule has 2 aromatic rings. The lowest BCUT2D eigenvalue weighted by molar-refractivity contribution is -0.141. The van der Waals surface area contributed by atoms with Gasteiger partial charge in [-0.15, -0.1) is 0 Å². The minimum Gasteiger partial charge on any atom is -0.468 e. The standard InChI is InChI=1S/C14H16N2O2/c1-16(10-14(17)18-2)9-11-7-8-15-13-6-4-3-5-12(11)13/h3-8H,9-10H2,1-2H3. The molecule has 0 radical (unpaired) electrons. The van der Waals surface area contributed by atoms with Crippen molar-refractivity contribution in [2.24, 2.45) is 0 Å². The van der Waals surface area contributed by atoms with Crippen molar-refractivity contribution in [2.45, 2.75) is 6.54 Å². The van der Waals surface area contributed by atoms with E-state index in [0.29, 0.717) is 6.54 Å². The molecule has 0 aliphatic carbocycles. The van der Waals surface area contributed by atoms with Crippen molar-refractivity contribution >= 4 is 16.9 Å². The van der Waals surface area contributed by atoms with E-state index >= 15 is 0 Å². The summed E-state index contributed by atoms with van der Waals surface area (Å²) in [5.74, 6) is -0.226. The molecule has 94 valence electrons. The van der Waals surface area contributed by atoms with Gasteiger partial charge < -0.3 is 4.74 Å². The molecule has 0 N–H and O–H groups in total. The molecule has 1 heterocycles. The van der Waals surface area contributed by atoms with Crippen LogP contribution in [0.3, 0.4) is 0 Å². The number of carbonyl (C=O) groups excluding carboxylic acids is 1. The molecular weight excluding hydrogens is 228 g/mol. The number of aromatic nitrogens is 1. The number of fused-ring (bicyclic) bond motifs is 1. The van der Waals surface area contributed by atoms with Gasteiger partial charge in [-0.25, -0.2) is 0 Å². The second-order valence-electron chi connectivity index (χ2n) is 4.24. The third kappa shape index (κ3) is 2.84. The highest BCUT2D eigenvalue weighted by Gasteiger charge is 2.08. The SMILES string of the molecule is COC(=O)CN(C)Cc1ccnc2ccccc12. The highest BCUT2D eigenvalue weighted by molar-refractivity contribution is 5.81. The topological polar surface area (TPSA) is 42.4 Å². The Balaban J connectivity index is 2.19. The van der Waals surface area contributed by atoms with Crippen LogP contribution in [0.5, 0.6) is 0 Å². The van der Waals surface area contributed by atoms with Crippen molar-refractivity contribution < 1.29 is 9.53 Å². The van der Waals surface area contributed by atoms with E-state index in [1.165, 1.54) is 7.11 Å². The molecular formula is C14H16N2O2. The van der Waals surface area contributed by atoms with Crippen molar-refractivity contribution in [2.75, 3.05) is 20.7 Å². The zero-order valence-electron chi connectivity index (χ0n) is 10.6. The number of nitrogens with zero attached hydrogens (tertiary/aromatic N) is 2. The van der Waals surface area contributed by atoms with E-state index in [-0.39, 0.29) is 12.5 Å². The lowest BCUT2D eigenvalue weighted by Gasteiger charge is -2.16. The molecule has 0 aliphatic rings.